The maximum absolute atomic E-state index is 5.54. The third kappa shape index (κ3) is 2.39. The zero-order valence-electron chi connectivity index (χ0n) is 6.71. The van der Waals surface area contributed by atoms with Gasteiger partial charge in [0.05, 0.1) is 4.47 Å². The molecular formula is C8H10BrNO2. The van der Waals surface area contributed by atoms with Crippen LogP contribution in [0.2, 0.25) is 0 Å². The number of methoxy groups -OCH3 is 1. The Kier molecular flexibility index (Phi) is 3.37. The van der Waals surface area contributed by atoms with Gasteiger partial charge in [-0.15, -0.1) is 0 Å². The minimum absolute atomic E-state index is 0.239. The Labute approximate surface area is 79.6 Å². The summed E-state index contributed by atoms with van der Waals surface area (Å²) < 4.78 is 10.8. The Morgan fingerprint density at radius 2 is 2.25 bits per heavy atom. The first-order chi connectivity index (χ1) is 5.74. The van der Waals surface area contributed by atoms with Crippen molar-refractivity contribution >= 4 is 21.6 Å². The third-order valence-electron chi connectivity index (χ3n) is 1.29. The predicted molar refractivity (Wildman–Crippen MR) is 51.1 cm³/mol. The number of nitrogens with two attached hydrogens (primary N) is 1. The fourth-order valence-electron chi connectivity index (χ4n) is 0.757. The van der Waals surface area contributed by atoms with Crippen LogP contribution in [0.3, 0.4) is 0 Å². The van der Waals surface area contributed by atoms with Gasteiger partial charge in [0.15, 0.2) is 6.79 Å². The molecule has 66 valence electrons. The van der Waals surface area contributed by atoms with E-state index in [0.717, 1.165) is 10.2 Å². The summed E-state index contributed by atoms with van der Waals surface area (Å²) in [5, 5.41) is 0. The monoisotopic (exact) mass is 231 g/mol. The van der Waals surface area contributed by atoms with Crippen molar-refractivity contribution in [1.29, 1.82) is 0 Å². The van der Waals surface area contributed by atoms with Crippen molar-refractivity contribution in [3.8, 4) is 5.75 Å². The average molecular weight is 232 g/mol. The van der Waals surface area contributed by atoms with Gasteiger partial charge in [-0.1, -0.05) is 0 Å². The second kappa shape index (κ2) is 4.33. The third-order valence-corrected chi connectivity index (χ3v) is 1.91. The first kappa shape index (κ1) is 9.35. The van der Waals surface area contributed by atoms with E-state index in [1.165, 1.54) is 0 Å². The summed E-state index contributed by atoms with van der Waals surface area (Å²) in [7, 11) is 1.57. The number of anilines is 1. The largest absolute Gasteiger partial charge is 0.466 e. The molecule has 1 rings (SSSR count). The van der Waals surface area contributed by atoms with Crippen molar-refractivity contribution in [2.75, 3.05) is 19.6 Å². The van der Waals surface area contributed by atoms with Crippen LogP contribution in [0.4, 0.5) is 5.69 Å². The van der Waals surface area contributed by atoms with Crippen LogP contribution in [-0.4, -0.2) is 13.9 Å². The van der Waals surface area contributed by atoms with Gasteiger partial charge in [0.2, 0.25) is 0 Å². The summed E-state index contributed by atoms with van der Waals surface area (Å²) in [5.41, 5.74) is 6.24. The zero-order chi connectivity index (χ0) is 8.97. The Balaban J connectivity index is 2.72. The molecule has 0 bridgehead atoms. The Morgan fingerprint density at radius 1 is 1.50 bits per heavy atom. The Hall–Kier alpha value is -0.740. The number of ether oxygens (including phenoxy) is 2. The lowest BCUT2D eigenvalue weighted by atomic mass is 10.3. The Bertz CT molecular complexity index is 265. The van der Waals surface area contributed by atoms with Crippen molar-refractivity contribution in [1.82, 2.24) is 0 Å². The van der Waals surface area contributed by atoms with Crippen molar-refractivity contribution in [3.63, 3.8) is 0 Å². The predicted octanol–water partition coefficient (Wildman–Crippen LogP) is 2.01. The summed E-state index contributed by atoms with van der Waals surface area (Å²) in [5.74, 6) is 0.728. The van der Waals surface area contributed by atoms with Crippen molar-refractivity contribution in [3.05, 3.63) is 22.7 Å². The topological polar surface area (TPSA) is 44.5 Å². The van der Waals surface area contributed by atoms with E-state index in [2.05, 4.69) is 15.9 Å². The molecule has 0 aliphatic heterocycles. The number of benzene rings is 1. The van der Waals surface area contributed by atoms with Gasteiger partial charge in [-0.25, -0.2) is 0 Å². The normalized spacial score (nSPS) is 9.83. The number of rotatable bonds is 3. The second-order valence-electron chi connectivity index (χ2n) is 2.24. The van der Waals surface area contributed by atoms with Gasteiger partial charge in [0, 0.05) is 12.8 Å². The van der Waals surface area contributed by atoms with Gasteiger partial charge < -0.3 is 15.2 Å². The van der Waals surface area contributed by atoms with E-state index in [1.54, 1.807) is 25.3 Å². The molecule has 0 spiro atoms. The fourth-order valence-corrected chi connectivity index (χ4v) is 1.27. The molecule has 0 heterocycles. The lowest BCUT2D eigenvalue weighted by molar-refractivity contribution is 0.0506. The zero-order valence-corrected chi connectivity index (χ0v) is 8.30. The van der Waals surface area contributed by atoms with Crippen LogP contribution in [-0.2, 0) is 4.74 Å². The summed E-state index contributed by atoms with van der Waals surface area (Å²) in [6.45, 7) is 0.239. The molecule has 3 nitrogen and oxygen atoms in total. The van der Waals surface area contributed by atoms with Gasteiger partial charge in [0.1, 0.15) is 5.75 Å². The minimum Gasteiger partial charge on any atom is -0.466 e. The molecule has 0 amide bonds. The molecule has 0 unspecified atom stereocenters. The van der Waals surface area contributed by atoms with E-state index >= 15 is 0 Å². The van der Waals surface area contributed by atoms with E-state index in [0.29, 0.717) is 5.69 Å². The highest BCUT2D eigenvalue weighted by molar-refractivity contribution is 9.10. The van der Waals surface area contributed by atoms with Crippen LogP contribution in [0.5, 0.6) is 5.75 Å². The van der Waals surface area contributed by atoms with Crippen LogP contribution >= 0.6 is 15.9 Å². The molecule has 2 N–H and O–H groups in total. The number of nitrogen functional groups attached to an aromatic ring is 1. The van der Waals surface area contributed by atoms with E-state index < -0.39 is 0 Å². The lowest BCUT2D eigenvalue weighted by Crippen LogP contribution is -1.99. The molecular weight excluding hydrogens is 222 g/mol. The van der Waals surface area contributed by atoms with Gasteiger partial charge >= 0.3 is 0 Å². The van der Waals surface area contributed by atoms with Crippen molar-refractivity contribution in [2.45, 2.75) is 0 Å². The molecule has 0 saturated heterocycles. The van der Waals surface area contributed by atoms with E-state index in [9.17, 15) is 0 Å². The highest BCUT2D eigenvalue weighted by atomic mass is 79.9. The van der Waals surface area contributed by atoms with Crippen molar-refractivity contribution in [2.24, 2.45) is 0 Å². The van der Waals surface area contributed by atoms with Crippen LogP contribution in [0.25, 0.3) is 0 Å². The molecule has 0 fully saturated rings. The van der Waals surface area contributed by atoms with Gasteiger partial charge in [0.25, 0.3) is 0 Å². The maximum atomic E-state index is 5.54. The summed E-state index contributed by atoms with van der Waals surface area (Å²) in [4.78, 5) is 0. The van der Waals surface area contributed by atoms with E-state index in [4.69, 9.17) is 15.2 Å². The van der Waals surface area contributed by atoms with Crippen LogP contribution < -0.4 is 10.5 Å². The lowest BCUT2D eigenvalue weighted by Gasteiger charge is -2.06. The molecule has 0 saturated carbocycles. The van der Waals surface area contributed by atoms with E-state index in [1.807, 2.05) is 0 Å². The molecule has 4 heteroatoms. The number of hydrogen-bond acceptors (Lipinski definition) is 3. The smallest absolute Gasteiger partial charge is 0.188 e. The van der Waals surface area contributed by atoms with Gasteiger partial charge in [-0.05, 0) is 34.1 Å². The average Bonchev–Trinajstić information content (AvgIpc) is 2.03. The van der Waals surface area contributed by atoms with Gasteiger partial charge in [-0.2, -0.15) is 0 Å². The first-order valence-electron chi connectivity index (χ1n) is 3.41. The summed E-state index contributed by atoms with van der Waals surface area (Å²) in [6.07, 6.45) is 0. The Morgan fingerprint density at radius 3 is 2.83 bits per heavy atom. The van der Waals surface area contributed by atoms with E-state index in [-0.39, 0.29) is 6.79 Å². The number of halogens is 1. The maximum Gasteiger partial charge on any atom is 0.188 e. The fraction of sp³-hybridized carbons (Fsp3) is 0.250. The second-order valence-corrected chi connectivity index (χ2v) is 3.10. The SMILES string of the molecule is COCOc1ccc(N)cc1Br. The van der Waals surface area contributed by atoms with Gasteiger partial charge in [-0.3, -0.25) is 0 Å². The van der Waals surface area contributed by atoms with Crippen LogP contribution in [0.1, 0.15) is 0 Å². The first-order valence-corrected chi connectivity index (χ1v) is 4.20. The summed E-state index contributed by atoms with van der Waals surface area (Å²) in [6, 6.07) is 5.35. The molecule has 0 aliphatic carbocycles. The minimum atomic E-state index is 0.239. The van der Waals surface area contributed by atoms with Crippen molar-refractivity contribution < 1.29 is 9.47 Å². The molecule has 0 atom stereocenters. The molecule has 0 aliphatic rings. The standard InChI is InChI=1S/C8H10BrNO2/c1-11-5-12-8-3-2-6(10)4-7(8)9/h2-4H,5,10H2,1H3. The number of hydrogen-bond donors (Lipinski definition) is 1. The quantitative estimate of drug-likeness (QED) is 0.640. The molecule has 12 heavy (non-hydrogen) atoms. The highest BCUT2D eigenvalue weighted by Crippen LogP contribution is 2.26. The molecule has 0 aromatic heterocycles. The molecule has 1 aromatic carbocycles. The molecule has 1 aromatic rings. The van der Waals surface area contributed by atoms with Crippen LogP contribution in [0.15, 0.2) is 22.7 Å². The molecule has 0 radical (unpaired) electrons. The highest BCUT2D eigenvalue weighted by Gasteiger charge is 1.99. The summed E-state index contributed by atoms with van der Waals surface area (Å²) >= 11 is 3.32. The van der Waals surface area contributed by atoms with Crippen LogP contribution in [0, 0.1) is 0 Å².